The van der Waals surface area contributed by atoms with Crippen LogP contribution in [0, 0.1) is 19.7 Å². The summed E-state index contributed by atoms with van der Waals surface area (Å²) in [6.45, 7) is 7.41. The lowest BCUT2D eigenvalue weighted by atomic mass is 10.1. The van der Waals surface area contributed by atoms with E-state index in [1.807, 2.05) is 47.8 Å². The number of hydrogen-bond donors (Lipinski definition) is 0. The van der Waals surface area contributed by atoms with E-state index in [4.69, 9.17) is 4.52 Å². The lowest BCUT2D eigenvalue weighted by Crippen LogP contribution is -2.48. The van der Waals surface area contributed by atoms with E-state index in [0.29, 0.717) is 30.2 Å². The SMILES string of the molecule is Cc1noc(C)c1CN1CCN(C(=O)c2cnn(-c3ccc(F)cc3)c2-n2cccc2)CC1. The minimum Gasteiger partial charge on any atom is -0.361 e. The first-order valence-electron chi connectivity index (χ1n) is 10.9. The van der Waals surface area contributed by atoms with Gasteiger partial charge in [-0.15, -0.1) is 0 Å². The van der Waals surface area contributed by atoms with Crippen molar-refractivity contribution >= 4 is 5.91 Å². The molecule has 0 radical (unpaired) electrons. The second-order valence-corrected chi connectivity index (χ2v) is 8.23. The summed E-state index contributed by atoms with van der Waals surface area (Å²) < 4.78 is 22.2. The van der Waals surface area contributed by atoms with Gasteiger partial charge in [-0.3, -0.25) is 9.69 Å². The molecule has 1 amide bonds. The molecule has 1 aliphatic rings. The minimum absolute atomic E-state index is 0.0657. The zero-order valence-electron chi connectivity index (χ0n) is 18.6. The third-order valence-electron chi connectivity index (χ3n) is 6.12. The molecule has 5 rings (SSSR count). The van der Waals surface area contributed by atoms with E-state index in [-0.39, 0.29) is 11.7 Å². The number of halogens is 1. The molecule has 0 saturated carbocycles. The number of nitrogens with zero attached hydrogens (tertiary/aromatic N) is 6. The largest absolute Gasteiger partial charge is 0.361 e. The molecule has 0 unspecified atom stereocenters. The Bertz CT molecular complexity index is 1230. The fraction of sp³-hybridized carbons (Fsp3) is 0.292. The van der Waals surface area contributed by atoms with Crippen LogP contribution < -0.4 is 0 Å². The first kappa shape index (κ1) is 21.1. The van der Waals surface area contributed by atoms with Gasteiger partial charge in [-0.1, -0.05) is 5.16 Å². The van der Waals surface area contributed by atoms with E-state index in [9.17, 15) is 9.18 Å². The monoisotopic (exact) mass is 448 g/mol. The van der Waals surface area contributed by atoms with Gasteiger partial charge in [0.25, 0.3) is 5.91 Å². The summed E-state index contributed by atoms with van der Waals surface area (Å²) in [5.74, 6) is 1.09. The highest BCUT2D eigenvalue weighted by atomic mass is 19.1. The van der Waals surface area contributed by atoms with Crippen LogP contribution in [-0.2, 0) is 6.54 Å². The Labute approximate surface area is 190 Å². The molecule has 1 aliphatic heterocycles. The molecule has 4 heterocycles. The predicted molar refractivity (Wildman–Crippen MR) is 120 cm³/mol. The highest BCUT2D eigenvalue weighted by Crippen LogP contribution is 2.23. The molecular weight excluding hydrogens is 423 g/mol. The molecule has 1 fully saturated rings. The number of benzene rings is 1. The van der Waals surface area contributed by atoms with Crippen molar-refractivity contribution in [3.8, 4) is 11.5 Å². The van der Waals surface area contributed by atoms with Crippen LogP contribution in [-0.4, -0.2) is 61.4 Å². The lowest BCUT2D eigenvalue weighted by molar-refractivity contribution is 0.0627. The maximum Gasteiger partial charge on any atom is 0.259 e. The van der Waals surface area contributed by atoms with Crippen LogP contribution >= 0.6 is 0 Å². The number of hydrogen-bond acceptors (Lipinski definition) is 5. The van der Waals surface area contributed by atoms with Gasteiger partial charge >= 0.3 is 0 Å². The van der Waals surface area contributed by atoms with Crippen LogP contribution in [0.5, 0.6) is 0 Å². The Hall–Kier alpha value is -3.72. The van der Waals surface area contributed by atoms with Crippen molar-refractivity contribution in [3.63, 3.8) is 0 Å². The number of carbonyl (C=O) groups is 1. The number of piperazine rings is 1. The standard InChI is InChI=1S/C24H25FN6O2/c1-17-22(18(2)33-27-17)16-28-11-13-30(14-12-28)24(32)21-15-26-31(20-7-5-19(25)6-8-20)23(21)29-9-3-4-10-29/h3-10,15H,11-14,16H2,1-2H3. The van der Waals surface area contributed by atoms with Gasteiger partial charge in [0.05, 0.1) is 17.6 Å². The third-order valence-corrected chi connectivity index (χ3v) is 6.12. The van der Waals surface area contributed by atoms with Gasteiger partial charge in [0.15, 0.2) is 5.82 Å². The number of aromatic nitrogens is 4. The molecule has 1 aromatic carbocycles. The normalized spacial score (nSPS) is 14.7. The van der Waals surface area contributed by atoms with Crippen LogP contribution in [0.1, 0.15) is 27.4 Å². The lowest BCUT2D eigenvalue weighted by Gasteiger charge is -2.34. The maximum absolute atomic E-state index is 13.5. The van der Waals surface area contributed by atoms with Gasteiger partial charge in [-0.2, -0.15) is 5.10 Å². The molecule has 4 aromatic rings. The summed E-state index contributed by atoms with van der Waals surface area (Å²) in [6, 6.07) is 9.86. The molecule has 1 saturated heterocycles. The zero-order chi connectivity index (χ0) is 22.9. The van der Waals surface area contributed by atoms with Gasteiger partial charge in [0, 0.05) is 50.7 Å². The van der Waals surface area contributed by atoms with Crippen molar-refractivity contribution in [1.29, 1.82) is 0 Å². The first-order chi connectivity index (χ1) is 16.0. The predicted octanol–water partition coefficient (Wildman–Crippen LogP) is 3.36. The van der Waals surface area contributed by atoms with E-state index >= 15 is 0 Å². The second-order valence-electron chi connectivity index (χ2n) is 8.23. The van der Waals surface area contributed by atoms with Gasteiger partial charge in [0.2, 0.25) is 0 Å². The number of carbonyl (C=O) groups excluding carboxylic acids is 1. The molecule has 0 N–H and O–H groups in total. The second kappa shape index (κ2) is 8.67. The fourth-order valence-corrected chi connectivity index (χ4v) is 4.22. The van der Waals surface area contributed by atoms with E-state index in [0.717, 1.165) is 36.7 Å². The van der Waals surface area contributed by atoms with Crippen LogP contribution in [0.3, 0.4) is 0 Å². The maximum atomic E-state index is 13.5. The fourth-order valence-electron chi connectivity index (χ4n) is 4.22. The average molecular weight is 449 g/mol. The van der Waals surface area contributed by atoms with Crippen molar-refractivity contribution in [2.45, 2.75) is 20.4 Å². The van der Waals surface area contributed by atoms with Gasteiger partial charge in [-0.25, -0.2) is 9.07 Å². The Balaban J connectivity index is 1.36. The topological polar surface area (TPSA) is 72.3 Å². The number of aryl methyl sites for hydroxylation is 2. The molecule has 170 valence electrons. The highest BCUT2D eigenvalue weighted by molar-refractivity contribution is 5.97. The minimum atomic E-state index is -0.320. The van der Waals surface area contributed by atoms with Crippen molar-refractivity contribution in [1.82, 2.24) is 29.3 Å². The average Bonchev–Trinajstić information content (AvgIpc) is 3.57. The van der Waals surface area contributed by atoms with Gasteiger partial charge in [-0.05, 0) is 50.2 Å². The van der Waals surface area contributed by atoms with Crippen LogP contribution in [0.4, 0.5) is 4.39 Å². The number of amides is 1. The third kappa shape index (κ3) is 4.07. The Morgan fingerprint density at radius 3 is 2.39 bits per heavy atom. The van der Waals surface area contributed by atoms with Crippen molar-refractivity contribution in [2.24, 2.45) is 0 Å². The Morgan fingerprint density at radius 1 is 1.06 bits per heavy atom. The van der Waals surface area contributed by atoms with E-state index in [1.54, 1.807) is 23.0 Å². The van der Waals surface area contributed by atoms with E-state index in [1.165, 1.54) is 12.1 Å². The Kier molecular flexibility index (Phi) is 5.55. The van der Waals surface area contributed by atoms with Crippen molar-refractivity contribution in [2.75, 3.05) is 26.2 Å². The summed E-state index contributed by atoms with van der Waals surface area (Å²) in [6.07, 6.45) is 5.34. The molecule has 0 spiro atoms. The van der Waals surface area contributed by atoms with Crippen molar-refractivity contribution < 1.29 is 13.7 Å². The van der Waals surface area contributed by atoms with Crippen molar-refractivity contribution in [3.05, 3.63) is 83.4 Å². The van der Waals surface area contributed by atoms with E-state index in [2.05, 4.69) is 15.2 Å². The first-order valence-corrected chi connectivity index (χ1v) is 10.9. The Morgan fingerprint density at radius 2 is 1.76 bits per heavy atom. The molecule has 9 heteroatoms. The summed E-state index contributed by atoms with van der Waals surface area (Å²) in [5, 5.41) is 8.50. The van der Waals surface area contributed by atoms with E-state index < -0.39 is 0 Å². The summed E-state index contributed by atoms with van der Waals surface area (Å²) in [5.41, 5.74) is 3.22. The molecule has 0 atom stereocenters. The summed E-state index contributed by atoms with van der Waals surface area (Å²) in [4.78, 5) is 17.7. The molecule has 33 heavy (non-hydrogen) atoms. The van der Waals surface area contributed by atoms with Crippen LogP contribution in [0.25, 0.3) is 11.5 Å². The summed E-state index contributed by atoms with van der Waals surface area (Å²) in [7, 11) is 0. The summed E-state index contributed by atoms with van der Waals surface area (Å²) >= 11 is 0. The van der Waals surface area contributed by atoms with Crippen LogP contribution in [0.2, 0.25) is 0 Å². The molecular formula is C24H25FN6O2. The quantitative estimate of drug-likeness (QED) is 0.468. The van der Waals surface area contributed by atoms with Crippen LogP contribution in [0.15, 0.2) is 59.5 Å². The number of rotatable bonds is 5. The molecule has 0 aliphatic carbocycles. The molecule has 8 nitrogen and oxygen atoms in total. The smallest absolute Gasteiger partial charge is 0.259 e. The molecule has 3 aromatic heterocycles. The molecule has 0 bridgehead atoms. The zero-order valence-corrected chi connectivity index (χ0v) is 18.6. The van der Waals surface area contributed by atoms with Gasteiger partial charge < -0.3 is 14.0 Å². The van der Waals surface area contributed by atoms with Gasteiger partial charge in [0.1, 0.15) is 17.1 Å². The highest BCUT2D eigenvalue weighted by Gasteiger charge is 2.28.